The van der Waals surface area contributed by atoms with Crippen molar-refractivity contribution in [3.63, 3.8) is 0 Å². The van der Waals surface area contributed by atoms with Crippen molar-refractivity contribution in [2.45, 2.75) is 6.04 Å². The summed E-state index contributed by atoms with van der Waals surface area (Å²) in [5.74, 6) is -1.09. The maximum Gasteiger partial charge on any atom is 0.322 e. The Morgan fingerprint density at radius 1 is 1.22 bits per heavy atom. The van der Waals surface area contributed by atoms with E-state index >= 15 is 0 Å². The average molecular weight is 262 g/mol. The lowest BCUT2D eigenvalue weighted by molar-refractivity contribution is -0.140. The number of hydrogen-bond acceptors (Lipinski definition) is 6. The third-order valence-electron chi connectivity index (χ3n) is 1.76. The molecule has 0 amide bonds. The van der Waals surface area contributed by atoms with Crippen molar-refractivity contribution in [3.8, 4) is 0 Å². The van der Waals surface area contributed by atoms with Gasteiger partial charge in [0.1, 0.15) is 6.04 Å². The summed E-state index contributed by atoms with van der Waals surface area (Å²) in [5, 5.41) is 11.8. The van der Waals surface area contributed by atoms with E-state index in [-0.39, 0.29) is 13.2 Å². The first kappa shape index (κ1) is 16.6. The average Bonchev–Trinajstić information content (AvgIpc) is 2.35. The zero-order valence-electron chi connectivity index (χ0n) is 10.0. The van der Waals surface area contributed by atoms with E-state index in [0.717, 1.165) is 0 Å². The lowest BCUT2D eigenvalue weighted by atomic mass is 10.3. The van der Waals surface area contributed by atoms with Gasteiger partial charge in [0.05, 0.1) is 39.6 Å². The summed E-state index contributed by atoms with van der Waals surface area (Å²) in [4.78, 5) is 12.9. The summed E-state index contributed by atoms with van der Waals surface area (Å²) in [6.07, 6.45) is 0. The first-order valence-electron chi connectivity index (χ1n) is 5.41. The molecule has 0 fully saturated rings. The Hall–Kier alpha value is -1.38. The summed E-state index contributed by atoms with van der Waals surface area (Å²) in [5.41, 5.74) is 13.2. The fraction of sp³-hybridized carbons (Fsp3) is 0.889. The molecule has 0 bridgehead atoms. The van der Waals surface area contributed by atoms with Crippen LogP contribution < -0.4 is 5.73 Å². The van der Waals surface area contributed by atoms with Gasteiger partial charge < -0.3 is 25.1 Å². The Kier molecular flexibility index (Phi) is 11.2. The first-order chi connectivity index (χ1) is 8.68. The number of carboxylic acids is 1. The predicted octanol–water partition coefficient (Wildman–Crippen LogP) is -0.242. The highest BCUT2D eigenvalue weighted by Crippen LogP contribution is 1.85. The van der Waals surface area contributed by atoms with Crippen molar-refractivity contribution in [3.05, 3.63) is 10.4 Å². The lowest BCUT2D eigenvalue weighted by Crippen LogP contribution is -2.35. The molecule has 3 N–H and O–H groups in total. The van der Waals surface area contributed by atoms with Crippen LogP contribution in [0.5, 0.6) is 0 Å². The lowest BCUT2D eigenvalue weighted by Gasteiger charge is -2.08. The zero-order valence-corrected chi connectivity index (χ0v) is 10.0. The van der Waals surface area contributed by atoms with Crippen LogP contribution in [-0.2, 0) is 19.0 Å². The molecule has 9 heteroatoms. The molecular formula is C9H18N4O5. The van der Waals surface area contributed by atoms with Crippen molar-refractivity contribution < 1.29 is 24.1 Å². The van der Waals surface area contributed by atoms with E-state index in [1.807, 2.05) is 0 Å². The minimum absolute atomic E-state index is 0.0403. The fourth-order valence-electron chi connectivity index (χ4n) is 0.872. The second kappa shape index (κ2) is 12.1. The molecule has 0 saturated carbocycles. The molecule has 0 saturated heterocycles. The molecule has 0 aliphatic heterocycles. The van der Waals surface area contributed by atoms with Crippen molar-refractivity contribution in [1.29, 1.82) is 0 Å². The predicted molar refractivity (Wildman–Crippen MR) is 62.1 cm³/mol. The van der Waals surface area contributed by atoms with Crippen LogP contribution in [0.4, 0.5) is 0 Å². The molecule has 0 aromatic rings. The number of carbonyl (C=O) groups is 1. The van der Waals surface area contributed by atoms with Crippen LogP contribution in [0, 0.1) is 0 Å². The van der Waals surface area contributed by atoms with E-state index < -0.39 is 12.0 Å². The van der Waals surface area contributed by atoms with Gasteiger partial charge in [0.25, 0.3) is 0 Å². The van der Waals surface area contributed by atoms with E-state index in [4.69, 9.17) is 30.6 Å². The summed E-state index contributed by atoms with van der Waals surface area (Å²) in [6.45, 7) is 2.03. The van der Waals surface area contributed by atoms with Crippen LogP contribution in [0.25, 0.3) is 10.4 Å². The van der Waals surface area contributed by atoms with Gasteiger partial charge in [-0.15, -0.1) is 0 Å². The quantitative estimate of drug-likeness (QED) is 0.215. The summed E-state index contributed by atoms with van der Waals surface area (Å²) in [6, 6.07) is -1.01. The van der Waals surface area contributed by atoms with Crippen LogP contribution in [-0.4, -0.2) is 63.3 Å². The third kappa shape index (κ3) is 11.1. The number of aliphatic carboxylic acids is 1. The van der Waals surface area contributed by atoms with E-state index in [9.17, 15) is 4.79 Å². The molecule has 0 aromatic heterocycles. The van der Waals surface area contributed by atoms with Gasteiger partial charge in [0, 0.05) is 11.5 Å². The minimum Gasteiger partial charge on any atom is -0.480 e. The molecular weight excluding hydrogens is 244 g/mol. The molecule has 104 valence electrons. The largest absolute Gasteiger partial charge is 0.480 e. The third-order valence-corrected chi connectivity index (χ3v) is 1.76. The van der Waals surface area contributed by atoms with E-state index in [1.54, 1.807) is 0 Å². The molecule has 18 heavy (non-hydrogen) atoms. The van der Waals surface area contributed by atoms with Gasteiger partial charge in [-0.1, -0.05) is 5.11 Å². The maximum atomic E-state index is 10.3. The molecule has 0 spiro atoms. The second-order valence-corrected chi connectivity index (χ2v) is 3.20. The van der Waals surface area contributed by atoms with Gasteiger partial charge in [-0.05, 0) is 5.53 Å². The normalized spacial score (nSPS) is 11.8. The maximum absolute atomic E-state index is 10.3. The van der Waals surface area contributed by atoms with Crippen LogP contribution in [0.1, 0.15) is 0 Å². The molecule has 0 rings (SSSR count). The number of rotatable bonds is 12. The molecule has 9 nitrogen and oxygen atoms in total. The van der Waals surface area contributed by atoms with Crippen LogP contribution >= 0.6 is 0 Å². The summed E-state index contributed by atoms with van der Waals surface area (Å²) >= 11 is 0. The Labute approximate surface area is 104 Å². The van der Waals surface area contributed by atoms with Crippen molar-refractivity contribution >= 4 is 5.97 Å². The van der Waals surface area contributed by atoms with Gasteiger partial charge in [-0.25, -0.2) is 0 Å². The standard InChI is InChI=1S/C9H18N4O5/c10-8(9(14)15)7-18-6-5-17-4-3-16-2-1-12-13-11/h8H,1-7,10H2,(H,14,15)/t8-/m0/s1. The highest BCUT2D eigenvalue weighted by atomic mass is 16.5. The van der Waals surface area contributed by atoms with Gasteiger partial charge >= 0.3 is 5.97 Å². The van der Waals surface area contributed by atoms with E-state index in [0.29, 0.717) is 33.0 Å². The van der Waals surface area contributed by atoms with Crippen molar-refractivity contribution in [2.24, 2.45) is 10.8 Å². The number of hydrogen-bond donors (Lipinski definition) is 2. The Bertz CT molecular complexity index is 270. The number of carboxylic acid groups (broad SMARTS) is 1. The Morgan fingerprint density at radius 3 is 2.33 bits per heavy atom. The number of nitrogens with two attached hydrogens (primary N) is 1. The van der Waals surface area contributed by atoms with Crippen LogP contribution in [0.3, 0.4) is 0 Å². The van der Waals surface area contributed by atoms with Crippen LogP contribution in [0.15, 0.2) is 5.11 Å². The highest BCUT2D eigenvalue weighted by molar-refractivity contribution is 5.73. The molecule has 0 aliphatic carbocycles. The number of ether oxygens (including phenoxy) is 3. The fourth-order valence-corrected chi connectivity index (χ4v) is 0.872. The van der Waals surface area contributed by atoms with Crippen molar-refractivity contribution in [1.82, 2.24) is 0 Å². The molecule has 1 atom stereocenters. The Balaban J connectivity index is 3.12. The second-order valence-electron chi connectivity index (χ2n) is 3.20. The van der Waals surface area contributed by atoms with Gasteiger partial charge in [0.2, 0.25) is 0 Å². The van der Waals surface area contributed by atoms with Crippen molar-refractivity contribution in [2.75, 3.05) is 46.2 Å². The molecule has 0 unspecified atom stereocenters. The van der Waals surface area contributed by atoms with Gasteiger partial charge in [0.15, 0.2) is 0 Å². The molecule has 0 aliphatic rings. The molecule has 0 aromatic carbocycles. The van der Waals surface area contributed by atoms with Gasteiger partial charge in [-0.2, -0.15) is 0 Å². The van der Waals surface area contributed by atoms with Crippen LogP contribution in [0.2, 0.25) is 0 Å². The number of azide groups is 1. The Morgan fingerprint density at radius 2 is 1.78 bits per heavy atom. The topological polar surface area (TPSA) is 140 Å². The smallest absolute Gasteiger partial charge is 0.322 e. The molecule has 0 radical (unpaired) electrons. The van der Waals surface area contributed by atoms with Gasteiger partial charge in [-0.3, -0.25) is 4.79 Å². The summed E-state index contributed by atoms with van der Waals surface area (Å²) in [7, 11) is 0. The minimum atomic E-state index is -1.09. The highest BCUT2D eigenvalue weighted by Gasteiger charge is 2.10. The van der Waals surface area contributed by atoms with E-state index in [2.05, 4.69) is 10.0 Å². The summed E-state index contributed by atoms with van der Waals surface area (Å²) < 4.78 is 15.2. The monoisotopic (exact) mass is 262 g/mol. The first-order valence-corrected chi connectivity index (χ1v) is 5.41. The number of nitrogens with zero attached hydrogens (tertiary/aromatic N) is 3. The zero-order chi connectivity index (χ0) is 13.6. The van der Waals surface area contributed by atoms with E-state index in [1.165, 1.54) is 0 Å². The SMILES string of the molecule is [N-]=[N+]=NCCOCCOCCOC[C@H](N)C(=O)O. The molecule has 0 heterocycles.